The predicted molar refractivity (Wildman–Crippen MR) is 70.5 cm³/mol. The maximum Gasteiger partial charge on any atom is 0.333 e. The Bertz CT molecular complexity index is 660. The number of nitrogens with zero attached hydrogens (tertiary/aromatic N) is 2. The minimum Gasteiger partial charge on any atom is -0.259 e. The van der Waals surface area contributed by atoms with Gasteiger partial charge in [0.15, 0.2) is 0 Å². The van der Waals surface area contributed by atoms with Gasteiger partial charge in [-0.2, -0.15) is 0 Å². The van der Waals surface area contributed by atoms with Crippen LogP contribution in [0.4, 0.5) is 0 Å². The van der Waals surface area contributed by atoms with E-state index in [9.17, 15) is 19.2 Å². The second-order valence-electron chi connectivity index (χ2n) is 5.04. The lowest BCUT2D eigenvalue weighted by molar-refractivity contribution is 0.200. The number of aromatic nitrogens is 3. The number of nitrogens with one attached hydrogen (secondary N) is 2. The summed E-state index contributed by atoms with van der Waals surface area (Å²) in [7, 11) is 0. The van der Waals surface area contributed by atoms with E-state index in [1.165, 1.54) is 6.08 Å². The SMILES string of the molecule is CC(N=C=O)C1CCCCC1n1c(=O)[nH]c(=O)[nH]c1=O. The van der Waals surface area contributed by atoms with Crippen molar-refractivity contribution in [3.63, 3.8) is 0 Å². The van der Waals surface area contributed by atoms with Crippen LogP contribution in [-0.4, -0.2) is 26.7 Å². The van der Waals surface area contributed by atoms with Gasteiger partial charge >= 0.3 is 17.1 Å². The first-order valence-electron chi connectivity index (χ1n) is 6.56. The summed E-state index contributed by atoms with van der Waals surface area (Å²) in [6.07, 6.45) is 4.76. The standard InChI is InChI=1S/C12H16N4O4/c1-7(13-6-17)8-4-2-3-5-9(8)16-11(19)14-10(18)15-12(16)20/h7-9H,2-5H2,1H3,(H2,14,15,18,19,20). The van der Waals surface area contributed by atoms with Crippen LogP contribution >= 0.6 is 0 Å². The molecule has 3 atom stereocenters. The fourth-order valence-corrected chi connectivity index (χ4v) is 2.94. The van der Waals surface area contributed by atoms with Gasteiger partial charge in [-0.25, -0.2) is 28.7 Å². The third kappa shape index (κ3) is 2.70. The van der Waals surface area contributed by atoms with Crippen LogP contribution in [0.1, 0.15) is 38.6 Å². The molecule has 1 heterocycles. The molecule has 0 bridgehead atoms. The van der Waals surface area contributed by atoms with Crippen LogP contribution in [0.2, 0.25) is 0 Å². The Morgan fingerprint density at radius 2 is 1.80 bits per heavy atom. The van der Waals surface area contributed by atoms with Crippen molar-refractivity contribution >= 4 is 6.08 Å². The Morgan fingerprint density at radius 1 is 1.20 bits per heavy atom. The maximum absolute atomic E-state index is 11.9. The van der Waals surface area contributed by atoms with Gasteiger partial charge in [0.1, 0.15) is 0 Å². The van der Waals surface area contributed by atoms with Gasteiger partial charge in [0.25, 0.3) is 0 Å². The Labute approximate surface area is 113 Å². The number of H-pyrrole nitrogens is 2. The molecule has 0 radical (unpaired) electrons. The molecule has 0 spiro atoms. The van der Waals surface area contributed by atoms with Gasteiger partial charge in [0.05, 0.1) is 6.04 Å². The van der Waals surface area contributed by atoms with Crippen molar-refractivity contribution < 1.29 is 4.79 Å². The predicted octanol–water partition coefficient (Wildman–Crippen LogP) is -0.319. The van der Waals surface area contributed by atoms with E-state index in [1.54, 1.807) is 6.92 Å². The van der Waals surface area contributed by atoms with Gasteiger partial charge in [-0.3, -0.25) is 9.97 Å². The molecule has 1 aliphatic rings. The van der Waals surface area contributed by atoms with Crippen molar-refractivity contribution in [3.8, 4) is 0 Å². The van der Waals surface area contributed by atoms with Crippen molar-refractivity contribution in [2.75, 3.05) is 0 Å². The topological polar surface area (TPSA) is 117 Å². The molecule has 8 nitrogen and oxygen atoms in total. The van der Waals surface area contributed by atoms with Crippen LogP contribution in [0.5, 0.6) is 0 Å². The van der Waals surface area contributed by atoms with Gasteiger partial charge in [-0.15, -0.1) is 0 Å². The van der Waals surface area contributed by atoms with Crippen LogP contribution in [0.3, 0.4) is 0 Å². The third-order valence-corrected chi connectivity index (χ3v) is 3.87. The summed E-state index contributed by atoms with van der Waals surface area (Å²) >= 11 is 0. The monoisotopic (exact) mass is 280 g/mol. The van der Waals surface area contributed by atoms with Crippen molar-refractivity contribution in [2.24, 2.45) is 10.9 Å². The average molecular weight is 280 g/mol. The van der Waals surface area contributed by atoms with Crippen molar-refractivity contribution in [2.45, 2.75) is 44.7 Å². The second-order valence-corrected chi connectivity index (χ2v) is 5.04. The van der Waals surface area contributed by atoms with Crippen molar-refractivity contribution in [1.29, 1.82) is 0 Å². The van der Waals surface area contributed by atoms with E-state index >= 15 is 0 Å². The summed E-state index contributed by atoms with van der Waals surface area (Å²) < 4.78 is 1.03. The van der Waals surface area contributed by atoms with E-state index in [0.29, 0.717) is 6.42 Å². The lowest BCUT2D eigenvalue weighted by Gasteiger charge is -2.33. The first kappa shape index (κ1) is 14.2. The molecule has 0 saturated heterocycles. The van der Waals surface area contributed by atoms with Crippen molar-refractivity contribution in [1.82, 2.24) is 14.5 Å². The van der Waals surface area contributed by atoms with Gasteiger partial charge in [0.2, 0.25) is 6.08 Å². The summed E-state index contributed by atoms with van der Waals surface area (Å²) in [4.78, 5) is 53.0. The van der Waals surface area contributed by atoms with Crippen LogP contribution < -0.4 is 17.1 Å². The van der Waals surface area contributed by atoms with Gasteiger partial charge in [-0.05, 0) is 19.8 Å². The quantitative estimate of drug-likeness (QED) is 0.582. The number of hydrogen-bond donors (Lipinski definition) is 2. The molecule has 1 aromatic heterocycles. The lowest BCUT2D eigenvalue weighted by atomic mass is 9.80. The second kappa shape index (κ2) is 5.83. The summed E-state index contributed by atoms with van der Waals surface area (Å²) in [6.45, 7) is 1.76. The molecule has 1 aromatic rings. The highest BCUT2D eigenvalue weighted by Crippen LogP contribution is 2.35. The largest absolute Gasteiger partial charge is 0.333 e. The third-order valence-electron chi connectivity index (χ3n) is 3.87. The Morgan fingerprint density at radius 3 is 2.40 bits per heavy atom. The normalized spacial score (nSPS) is 23.9. The summed E-state index contributed by atoms with van der Waals surface area (Å²) in [6, 6.07) is -0.694. The van der Waals surface area contributed by atoms with Gasteiger partial charge in [0, 0.05) is 12.0 Å². The zero-order valence-electron chi connectivity index (χ0n) is 11.1. The number of aromatic amines is 2. The highest BCUT2D eigenvalue weighted by molar-refractivity contribution is 5.33. The molecule has 0 aromatic carbocycles. The average Bonchev–Trinajstić information content (AvgIpc) is 2.38. The molecule has 0 amide bonds. The molecular weight excluding hydrogens is 264 g/mol. The molecule has 1 aliphatic carbocycles. The number of isocyanates is 1. The van der Waals surface area contributed by atoms with E-state index < -0.39 is 17.1 Å². The van der Waals surface area contributed by atoms with Gasteiger partial charge < -0.3 is 0 Å². The summed E-state index contributed by atoms with van der Waals surface area (Å²) in [5.74, 6) is -0.102. The van der Waals surface area contributed by atoms with Crippen LogP contribution in [0, 0.1) is 5.92 Å². The molecule has 2 rings (SSSR count). The zero-order chi connectivity index (χ0) is 14.7. The number of carbonyl (C=O) groups excluding carboxylic acids is 1. The fraction of sp³-hybridized carbons (Fsp3) is 0.667. The number of rotatable bonds is 3. The first-order chi connectivity index (χ1) is 9.54. The van der Waals surface area contributed by atoms with Crippen LogP contribution in [-0.2, 0) is 4.79 Å². The highest BCUT2D eigenvalue weighted by Gasteiger charge is 2.32. The van der Waals surface area contributed by atoms with Crippen LogP contribution in [0.25, 0.3) is 0 Å². The lowest BCUT2D eigenvalue weighted by Crippen LogP contribution is -2.48. The molecule has 8 heteroatoms. The highest BCUT2D eigenvalue weighted by atomic mass is 16.2. The minimum atomic E-state index is -0.817. The van der Waals surface area contributed by atoms with Crippen LogP contribution in [0.15, 0.2) is 19.4 Å². The molecule has 2 N–H and O–H groups in total. The van der Waals surface area contributed by atoms with E-state index in [-0.39, 0.29) is 18.0 Å². The van der Waals surface area contributed by atoms with E-state index in [0.717, 1.165) is 23.8 Å². The van der Waals surface area contributed by atoms with Crippen molar-refractivity contribution in [3.05, 3.63) is 31.5 Å². The Hall–Kier alpha value is -2.21. The Kier molecular flexibility index (Phi) is 4.14. The molecule has 108 valence electrons. The first-order valence-corrected chi connectivity index (χ1v) is 6.56. The Balaban J connectivity index is 2.48. The molecular formula is C12H16N4O4. The van der Waals surface area contributed by atoms with E-state index in [4.69, 9.17) is 0 Å². The molecule has 0 aliphatic heterocycles. The fourth-order valence-electron chi connectivity index (χ4n) is 2.94. The molecule has 1 fully saturated rings. The van der Waals surface area contributed by atoms with E-state index in [1.807, 2.05) is 0 Å². The smallest absolute Gasteiger partial charge is 0.259 e. The number of hydrogen-bond acceptors (Lipinski definition) is 5. The zero-order valence-corrected chi connectivity index (χ0v) is 11.1. The van der Waals surface area contributed by atoms with E-state index in [2.05, 4.69) is 15.0 Å². The van der Waals surface area contributed by atoms with Gasteiger partial charge in [-0.1, -0.05) is 12.8 Å². The summed E-state index contributed by atoms with van der Waals surface area (Å²) in [5, 5.41) is 0. The number of aliphatic imine (C=N–C) groups is 1. The summed E-state index contributed by atoms with van der Waals surface area (Å²) in [5.41, 5.74) is -2.27. The maximum atomic E-state index is 11.9. The molecule has 3 unspecified atom stereocenters. The molecule has 1 saturated carbocycles. The minimum absolute atomic E-state index is 0.102. The molecule has 20 heavy (non-hydrogen) atoms.